The lowest BCUT2D eigenvalue weighted by molar-refractivity contribution is -0.137. The van der Waals surface area contributed by atoms with Gasteiger partial charge in [0.05, 0.1) is 6.42 Å². The van der Waals surface area contributed by atoms with Crippen LogP contribution in [0.25, 0.3) is 0 Å². The van der Waals surface area contributed by atoms with Crippen molar-refractivity contribution in [2.75, 3.05) is 23.7 Å². The molecule has 190 valence electrons. The third-order valence-corrected chi connectivity index (χ3v) is 5.81. The minimum absolute atomic E-state index is 0.0964. The van der Waals surface area contributed by atoms with Crippen LogP contribution in [-0.4, -0.2) is 63.4 Å². The Balaban J connectivity index is 1.60. The highest BCUT2D eigenvalue weighted by molar-refractivity contribution is 6.08. The number of imide groups is 1. The Morgan fingerprint density at radius 3 is 2.28 bits per heavy atom. The Morgan fingerprint density at radius 1 is 0.972 bits per heavy atom. The number of nitrogens with zero attached hydrogens (tertiary/aromatic N) is 2. The number of para-hydroxylation sites is 1. The number of nitrogens with one attached hydrogen (secondary N) is 3. The Hall–Kier alpha value is -4.41. The minimum Gasteiger partial charge on any atom is -0.481 e. The Labute approximate surface area is 208 Å². The summed E-state index contributed by atoms with van der Waals surface area (Å²) in [6, 6.07) is 13.3. The van der Waals surface area contributed by atoms with E-state index < -0.39 is 41.9 Å². The van der Waals surface area contributed by atoms with Gasteiger partial charge in [-0.3, -0.25) is 19.3 Å². The highest BCUT2D eigenvalue weighted by Gasteiger charge is 2.51. The van der Waals surface area contributed by atoms with Crippen LogP contribution < -0.4 is 16.0 Å². The van der Waals surface area contributed by atoms with Crippen LogP contribution in [0.3, 0.4) is 0 Å². The van der Waals surface area contributed by atoms with Crippen LogP contribution in [0.1, 0.15) is 31.4 Å². The van der Waals surface area contributed by atoms with E-state index in [0.717, 1.165) is 16.0 Å². The number of hydrogen-bond acceptors (Lipinski definition) is 5. The van der Waals surface area contributed by atoms with Gasteiger partial charge in [0.15, 0.2) is 0 Å². The molecule has 0 bridgehead atoms. The van der Waals surface area contributed by atoms with Crippen LogP contribution in [0.4, 0.5) is 21.0 Å². The van der Waals surface area contributed by atoms with Crippen molar-refractivity contribution >= 4 is 41.2 Å². The SMILES string of the molecule is Cc1ccccc1NC(=O)Nc1ccc(CN2C(=O)N(CC(=O)NCCC(=O)O)C(=O)C2(C)C)cc1. The summed E-state index contributed by atoms with van der Waals surface area (Å²) in [5.74, 6) is -2.20. The van der Waals surface area contributed by atoms with Gasteiger partial charge in [0.1, 0.15) is 12.1 Å². The number of rotatable bonds is 9. The summed E-state index contributed by atoms with van der Waals surface area (Å²) in [6.07, 6.45) is -0.260. The molecule has 1 heterocycles. The highest BCUT2D eigenvalue weighted by Crippen LogP contribution is 2.29. The highest BCUT2D eigenvalue weighted by atomic mass is 16.4. The molecule has 11 heteroatoms. The predicted molar refractivity (Wildman–Crippen MR) is 132 cm³/mol. The van der Waals surface area contributed by atoms with Gasteiger partial charge in [0, 0.05) is 24.5 Å². The Kier molecular flexibility index (Phi) is 7.93. The molecule has 3 rings (SSSR count). The lowest BCUT2D eigenvalue weighted by Gasteiger charge is -2.27. The first-order valence-corrected chi connectivity index (χ1v) is 11.3. The summed E-state index contributed by atoms with van der Waals surface area (Å²) in [5, 5.41) is 16.6. The first-order valence-electron chi connectivity index (χ1n) is 11.3. The molecule has 1 fully saturated rings. The standard InChI is InChI=1S/C25H29N5O6/c1-16-6-4-5-7-19(16)28-23(35)27-18-10-8-17(9-11-18)14-30-24(36)29(22(34)25(30,2)3)15-20(31)26-13-12-21(32)33/h4-11H,12-15H2,1-3H3,(H,26,31)(H,32,33)(H2,27,28,35). The minimum atomic E-state index is -1.18. The van der Waals surface area contributed by atoms with Crippen molar-refractivity contribution in [3.63, 3.8) is 0 Å². The summed E-state index contributed by atoms with van der Waals surface area (Å²) in [6.45, 7) is 4.62. The second kappa shape index (κ2) is 10.9. The van der Waals surface area contributed by atoms with Crippen molar-refractivity contribution in [1.29, 1.82) is 0 Å². The van der Waals surface area contributed by atoms with E-state index in [0.29, 0.717) is 11.4 Å². The molecule has 0 aromatic heterocycles. The summed E-state index contributed by atoms with van der Waals surface area (Å²) < 4.78 is 0. The Morgan fingerprint density at radius 2 is 1.64 bits per heavy atom. The lowest BCUT2D eigenvalue weighted by Crippen LogP contribution is -2.44. The second-order valence-electron chi connectivity index (χ2n) is 8.90. The van der Waals surface area contributed by atoms with Gasteiger partial charge in [0.2, 0.25) is 5.91 Å². The third kappa shape index (κ3) is 6.17. The van der Waals surface area contributed by atoms with E-state index in [2.05, 4.69) is 16.0 Å². The number of aliphatic carboxylic acids is 1. The number of carbonyl (C=O) groups is 5. The van der Waals surface area contributed by atoms with Gasteiger partial charge in [-0.2, -0.15) is 0 Å². The van der Waals surface area contributed by atoms with Crippen molar-refractivity contribution in [3.8, 4) is 0 Å². The summed E-state index contributed by atoms with van der Waals surface area (Å²) in [7, 11) is 0. The predicted octanol–water partition coefficient (Wildman–Crippen LogP) is 2.77. The van der Waals surface area contributed by atoms with Gasteiger partial charge in [-0.15, -0.1) is 0 Å². The largest absolute Gasteiger partial charge is 0.481 e. The number of carbonyl (C=O) groups excluding carboxylic acids is 4. The molecule has 36 heavy (non-hydrogen) atoms. The topological polar surface area (TPSA) is 148 Å². The molecule has 0 unspecified atom stereocenters. The molecule has 4 N–H and O–H groups in total. The van der Waals surface area contributed by atoms with Crippen molar-refractivity contribution < 1.29 is 29.1 Å². The zero-order chi connectivity index (χ0) is 26.5. The number of aryl methyl sites for hydroxylation is 1. The first-order chi connectivity index (χ1) is 17.0. The van der Waals surface area contributed by atoms with Crippen molar-refractivity contribution in [2.24, 2.45) is 0 Å². The van der Waals surface area contributed by atoms with Crippen LogP contribution in [-0.2, 0) is 20.9 Å². The van der Waals surface area contributed by atoms with E-state index >= 15 is 0 Å². The number of benzene rings is 2. The number of urea groups is 2. The first kappa shape index (κ1) is 26.2. The average Bonchev–Trinajstić information content (AvgIpc) is 2.96. The van der Waals surface area contributed by atoms with E-state index in [1.165, 1.54) is 4.90 Å². The molecule has 0 aliphatic carbocycles. The fraction of sp³-hybridized carbons (Fsp3) is 0.320. The van der Waals surface area contributed by atoms with E-state index in [-0.39, 0.29) is 19.5 Å². The fourth-order valence-corrected chi connectivity index (χ4v) is 3.70. The number of amides is 6. The average molecular weight is 496 g/mol. The van der Waals surface area contributed by atoms with Crippen molar-refractivity contribution in [2.45, 2.75) is 39.3 Å². The van der Waals surface area contributed by atoms with Crippen molar-refractivity contribution in [1.82, 2.24) is 15.1 Å². The number of hydrogen-bond donors (Lipinski definition) is 4. The van der Waals surface area contributed by atoms with Gasteiger partial charge >= 0.3 is 18.0 Å². The third-order valence-electron chi connectivity index (χ3n) is 5.81. The van der Waals surface area contributed by atoms with Gasteiger partial charge in [-0.1, -0.05) is 30.3 Å². The maximum Gasteiger partial charge on any atom is 0.328 e. The molecule has 1 saturated heterocycles. The summed E-state index contributed by atoms with van der Waals surface area (Å²) in [5.41, 5.74) is 1.73. The van der Waals surface area contributed by atoms with Crippen LogP contribution in [0.5, 0.6) is 0 Å². The van der Waals surface area contributed by atoms with Gasteiger partial charge in [0.25, 0.3) is 5.91 Å². The molecule has 11 nitrogen and oxygen atoms in total. The molecule has 1 aliphatic rings. The van der Waals surface area contributed by atoms with Gasteiger partial charge in [-0.25, -0.2) is 9.59 Å². The number of anilines is 2. The molecule has 1 aliphatic heterocycles. The monoisotopic (exact) mass is 495 g/mol. The smallest absolute Gasteiger partial charge is 0.328 e. The maximum absolute atomic E-state index is 13.0. The van der Waals surface area contributed by atoms with Crippen LogP contribution in [0, 0.1) is 6.92 Å². The van der Waals surface area contributed by atoms with E-state index in [9.17, 15) is 24.0 Å². The Bertz CT molecular complexity index is 1180. The molecule has 0 radical (unpaired) electrons. The molecular formula is C25H29N5O6. The molecule has 0 spiro atoms. The molecule has 0 saturated carbocycles. The van der Waals surface area contributed by atoms with Crippen LogP contribution in [0.2, 0.25) is 0 Å². The molecule has 2 aromatic rings. The summed E-state index contributed by atoms with van der Waals surface area (Å²) in [4.78, 5) is 63.0. The lowest BCUT2D eigenvalue weighted by atomic mass is 10.0. The number of carboxylic acids is 1. The quantitative estimate of drug-likeness (QED) is 0.393. The molecule has 0 atom stereocenters. The van der Waals surface area contributed by atoms with E-state index in [1.54, 1.807) is 44.2 Å². The zero-order valence-corrected chi connectivity index (χ0v) is 20.3. The van der Waals surface area contributed by atoms with Gasteiger partial charge in [-0.05, 0) is 50.1 Å². The fourth-order valence-electron chi connectivity index (χ4n) is 3.70. The zero-order valence-electron chi connectivity index (χ0n) is 20.3. The number of carboxylic acid groups (broad SMARTS) is 1. The van der Waals surface area contributed by atoms with Gasteiger partial charge < -0.3 is 26.0 Å². The van der Waals surface area contributed by atoms with Crippen LogP contribution >= 0.6 is 0 Å². The second-order valence-corrected chi connectivity index (χ2v) is 8.90. The van der Waals surface area contributed by atoms with Crippen LogP contribution in [0.15, 0.2) is 48.5 Å². The molecular weight excluding hydrogens is 466 g/mol. The molecule has 6 amide bonds. The maximum atomic E-state index is 13.0. The summed E-state index contributed by atoms with van der Waals surface area (Å²) >= 11 is 0. The molecule has 2 aromatic carbocycles. The normalized spacial score (nSPS) is 14.5. The van der Waals surface area contributed by atoms with E-state index in [1.807, 2.05) is 25.1 Å². The van der Waals surface area contributed by atoms with E-state index in [4.69, 9.17) is 5.11 Å². The van der Waals surface area contributed by atoms with Crippen molar-refractivity contribution in [3.05, 3.63) is 59.7 Å².